The van der Waals surface area contributed by atoms with Gasteiger partial charge in [0.1, 0.15) is 0 Å². The van der Waals surface area contributed by atoms with Crippen LogP contribution in [0.25, 0.3) is 0 Å². The minimum absolute atomic E-state index is 0.280. The highest BCUT2D eigenvalue weighted by atomic mass is 16.5. The molecule has 0 rings (SSSR count). The molecule has 0 saturated carbocycles. The Hall–Kier alpha value is -0.200. The summed E-state index contributed by atoms with van der Waals surface area (Å²) in [5, 5.41) is 10.3. The molecule has 0 aromatic heterocycles. The molecule has 0 aliphatic heterocycles. The molecule has 1 atom stereocenters. The number of hydrazine groups is 2. The Bertz CT molecular complexity index is 133. The lowest BCUT2D eigenvalue weighted by Gasteiger charge is -2.19. The molecule has 5 heteroatoms. The Morgan fingerprint density at radius 3 is 2.50 bits per heavy atom. The molecule has 86 valence electrons. The second-order valence-corrected chi connectivity index (χ2v) is 3.76. The minimum atomic E-state index is 0.280. The summed E-state index contributed by atoms with van der Waals surface area (Å²) < 4.78 is 5.42. The normalized spacial score (nSPS) is 13.9. The number of nitrogens with one attached hydrogen (secondary N) is 2. The molecule has 0 aromatic rings. The van der Waals surface area contributed by atoms with E-state index >= 15 is 0 Å². The van der Waals surface area contributed by atoms with Crippen LogP contribution in [-0.2, 0) is 4.74 Å². The van der Waals surface area contributed by atoms with Gasteiger partial charge in [0, 0.05) is 13.2 Å². The van der Waals surface area contributed by atoms with Crippen molar-refractivity contribution in [3.8, 4) is 0 Å². The monoisotopic (exact) mass is 205 g/mol. The van der Waals surface area contributed by atoms with Crippen LogP contribution < -0.4 is 11.0 Å². The third-order valence-electron chi connectivity index (χ3n) is 1.79. The van der Waals surface area contributed by atoms with Gasteiger partial charge in [0.15, 0.2) is 0 Å². The molecule has 0 amide bonds. The molecule has 14 heavy (non-hydrogen) atoms. The first-order chi connectivity index (χ1) is 6.56. The summed E-state index contributed by atoms with van der Waals surface area (Å²) in [5.41, 5.74) is 5.22. The zero-order chi connectivity index (χ0) is 11.0. The third kappa shape index (κ3) is 8.40. The molecule has 0 aliphatic carbocycles. The van der Waals surface area contributed by atoms with E-state index in [4.69, 9.17) is 4.74 Å². The standard InChI is InChI=1S/C9H23N3O2/c1-8(2)14-6-5-9(3)7-12(13)11-10-4/h8-11,13H,5-7H2,1-4H3. The number of nitrogens with zero attached hydrogens (tertiary/aromatic N) is 1. The van der Waals surface area contributed by atoms with E-state index in [-0.39, 0.29) is 6.10 Å². The van der Waals surface area contributed by atoms with Gasteiger partial charge in [0.2, 0.25) is 0 Å². The summed E-state index contributed by atoms with van der Waals surface area (Å²) in [5.74, 6) is 0.389. The van der Waals surface area contributed by atoms with Crippen molar-refractivity contribution < 1.29 is 9.94 Å². The van der Waals surface area contributed by atoms with Crippen molar-refractivity contribution in [2.45, 2.75) is 33.3 Å². The maximum absolute atomic E-state index is 9.25. The van der Waals surface area contributed by atoms with E-state index in [1.807, 2.05) is 13.8 Å². The number of hydroxylamine groups is 1. The smallest absolute Gasteiger partial charge is 0.0518 e. The van der Waals surface area contributed by atoms with E-state index in [9.17, 15) is 5.21 Å². The van der Waals surface area contributed by atoms with E-state index in [1.54, 1.807) is 7.05 Å². The third-order valence-corrected chi connectivity index (χ3v) is 1.79. The van der Waals surface area contributed by atoms with E-state index in [0.717, 1.165) is 18.2 Å². The predicted molar refractivity (Wildman–Crippen MR) is 55.6 cm³/mol. The first-order valence-electron chi connectivity index (χ1n) is 5.06. The van der Waals surface area contributed by atoms with Crippen molar-refractivity contribution in [3.05, 3.63) is 0 Å². The fraction of sp³-hybridized carbons (Fsp3) is 1.00. The highest BCUT2D eigenvalue weighted by Gasteiger charge is 2.07. The van der Waals surface area contributed by atoms with E-state index in [1.165, 1.54) is 0 Å². The van der Waals surface area contributed by atoms with Crippen LogP contribution in [0.5, 0.6) is 0 Å². The van der Waals surface area contributed by atoms with Crippen LogP contribution in [-0.4, -0.2) is 36.7 Å². The summed E-state index contributed by atoms with van der Waals surface area (Å²) in [4.78, 5) is 0. The SMILES string of the molecule is CNNN(O)CC(C)CCOC(C)C. The Balaban J connectivity index is 3.39. The number of hydrogen-bond donors (Lipinski definition) is 3. The van der Waals surface area contributed by atoms with Gasteiger partial charge >= 0.3 is 0 Å². The molecule has 0 fully saturated rings. The van der Waals surface area contributed by atoms with Crippen molar-refractivity contribution in [2.75, 3.05) is 20.2 Å². The lowest BCUT2D eigenvalue weighted by Crippen LogP contribution is -2.45. The van der Waals surface area contributed by atoms with Crippen LogP contribution in [0.2, 0.25) is 0 Å². The van der Waals surface area contributed by atoms with Crippen LogP contribution in [0.15, 0.2) is 0 Å². The molecule has 0 spiro atoms. The van der Waals surface area contributed by atoms with Gasteiger partial charge in [-0.05, 0) is 33.2 Å². The number of rotatable bonds is 8. The molecular weight excluding hydrogens is 182 g/mol. The largest absolute Gasteiger partial charge is 0.379 e. The fourth-order valence-corrected chi connectivity index (χ4v) is 1.07. The van der Waals surface area contributed by atoms with Crippen molar-refractivity contribution >= 4 is 0 Å². The van der Waals surface area contributed by atoms with Crippen LogP contribution in [0.3, 0.4) is 0 Å². The maximum Gasteiger partial charge on any atom is 0.0518 e. The zero-order valence-electron chi connectivity index (χ0n) is 9.58. The minimum Gasteiger partial charge on any atom is -0.379 e. The highest BCUT2D eigenvalue weighted by molar-refractivity contribution is 4.53. The van der Waals surface area contributed by atoms with Crippen LogP contribution in [0.1, 0.15) is 27.2 Å². The highest BCUT2D eigenvalue weighted by Crippen LogP contribution is 2.03. The molecule has 0 bridgehead atoms. The molecule has 0 aromatic carbocycles. The quantitative estimate of drug-likeness (QED) is 0.511. The van der Waals surface area contributed by atoms with Gasteiger partial charge in [0.05, 0.1) is 6.10 Å². The fourth-order valence-electron chi connectivity index (χ4n) is 1.07. The summed E-state index contributed by atoms with van der Waals surface area (Å²) in [6.07, 6.45) is 1.23. The summed E-state index contributed by atoms with van der Waals surface area (Å²) in [6, 6.07) is 0. The van der Waals surface area contributed by atoms with Crippen LogP contribution in [0.4, 0.5) is 0 Å². The molecule has 0 aliphatic rings. The van der Waals surface area contributed by atoms with Gasteiger partial charge in [-0.25, -0.2) is 5.43 Å². The van der Waals surface area contributed by atoms with Crippen molar-refractivity contribution in [1.82, 2.24) is 16.1 Å². The molecular formula is C9H23N3O2. The van der Waals surface area contributed by atoms with Crippen LogP contribution >= 0.6 is 0 Å². The van der Waals surface area contributed by atoms with Gasteiger partial charge < -0.3 is 4.74 Å². The predicted octanol–water partition coefficient (Wildman–Crippen LogP) is 0.768. The van der Waals surface area contributed by atoms with E-state index < -0.39 is 0 Å². The lowest BCUT2D eigenvalue weighted by molar-refractivity contribution is -0.156. The van der Waals surface area contributed by atoms with Crippen molar-refractivity contribution in [2.24, 2.45) is 5.92 Å². The second-order valence-electron chi connectivity index (χ2n) is 3.76. The second kappa shape index (κ2) is 8.14. The van der Waals surface area contributed by atoms with Gasteiger partial charge in [-0.15, -0.1) is 5.17 Å². The molecule has 0 heterocycles. The maximum atomic E-state index is 9.25. The molecule has 5 nitrogen and oxygen atoms in total. The number of ether oxygens (including phenoxy) is 1. The summed E-state index contributed by atoms with van der Waals surface area (Å²) in [7, 11) is 1.70. The summed E-state index contributed by atoms with van der Waals surface area (Å²) in [6.45, 7) is 7.43. The van der Waals surface area contributed by atoms with Crippen LogP contribution in [0, 0.1) is 5.92 Å². The molecule has 3 N–H and O–H groups in total. The van der Waals surface area contributed by atoms with E-state index in [0.29, 0.717) is 12.5 Å². The van der Waals surface area contributed by atoms with Gasteiger partial charge in [0.25, 0.3) is 0 Å². The molecule has 0 saturated heterocycles. The molecule has 1 unspecified atom stereocenters. The van der Waals surface area contributed by atoms with E-state index in [2.05, 4.69) is 17.9 Å². The average Bonchev–Trinajstić information content (AvgIpc) is 2.03. The zero-order valence-corrected chi connectivity index (χ0v) is 9.58. The van der Waals surface area contributed by atoms with Gasteiger partial charge in [-0.3, -0.25) is 5.21 Å². The first-order valence-corrected chi connectivity index (χ1v) is 5.06. The Morgan fingerprint density at radius 2 is 2.00 bits per heavy atom. The average molecular weight is 205 g/mol. The topological polar surface area (TPSA) is 56.8 Å². The van der Waals surface area contributed by atoms with Crippen molar-refractivity contribution in [1.29, 1.82) is 0 Å². The van der Waals surface area contributed by atoms with Crippen molar-refractivity contribution in [3.63, 3.8) is 0 Å². The lowest BCUT2D eigenvalue weighted by atomic mass is 10.1. The molecule has 0 radical (unpaired) electrons. The Labute approximate surface area is 86.3 Å². The Morgan fingerprint density at radius 1 is 1.36 bits per heavy atom. The van der Waals surface area contributed by atoms with Gasteiger partial charge in [-0.2, -0.15) is 5.53 Å². The Kier molecular flexibility index (Phi) is 8.02. The van der Waals surface area contributed by atoms with Gasteiger partial charge in [-0.1, -0.05) is 6.92 Å². The summed E-state index contributed by atoms with van der Waals surface area (Å²) >= 11 is 0. The number of hydrogen-bond acceptors (Lipinski definition) is 5. The first kappa shape index (κ1) is 13.8.